The third-order valence-corrected chi connectivity index (χ3v) is 7.97. The van der Waals surface area contributed by atoms with Crippen LogP contribution in [-0.4, -0.2) is 64.3 Å². The molecule has 2 bridgehead atoms. The molecule has 2 saturated heterocycles. The minimum Gasteiger partial charge on any atom is -0.315 e. The van der Waals surface area contributed by atoms with E-state index < -0.39 is 11.6 Å². The van der Waals surface area contributed by atoms with Crippen LogP contribution in [0.2, 0.25) is 0 Å². The fourth-order valence-electron chi connectivity index (χ4n) is 5.41. The number of rotatable bonds is 10. The highest BCUT2D eigenvalue weighted by atomic mass is 19.1. The number of aryl methyl sites for hydroxylation is 1. The van der Waals surface area contributed by atoms with Gasteiger partial charge in [-0.2, -0.15) is 0 Å². The zero-order valence-electron chi connectivity index (χ0n) is 22.8. The zero-order chi connectivity index (χ0) is 27.6. The second-order valence-corrected chi connectivity index (χ2v) is 11.0. The molecule has 10 heteroatoms. The lowest BCUT2D eigenvalue weighted by Crippen LogP contribution is -2.51. The molecular formula is C29H36F2N8. The summed E-state index contributed by atoms with van der Waals surface area (Å²) in [7, 11) is 1.88. The minimum absolute atomic E-state index is 0.00180. The number of hydrogen-bond donors (Lipinski definition) is 3. The Bertz CT molecular complexity index is 1310. The Morgan fingerprint density at radius 2 is 1.87 bits per heavy atom. The van der Waals surface area contributed by atoms with Crippen LogP contribution >= 0.6 is 0 Å². The number of aliphatic imine (C=N–C) groups is 1. The van der Waals surface area contributed by atoms with Crippen LogP contribution in [0, 0.1) is 11.6 Å². The largest absolute Gasteiger partial charge is 0.315 e. The molecule has 39 heavy (non-hydrogen) atoms. The SMILES string of the molecule is C=Nc1c(F)cc(-c2nc(Nc3ccc(CN4C5CCC4CNC5)cn3)ncc2F)cc1CCC(C)(C)NC. The third kappa shape index (κ3) is 6.13. The summed E-state index contributed by atoms with van der Waals surface area (Å²) in [4.78, 5) is 19.4. The predicted molar refractivity (Wildman–Crippen MR) is 151 cm³/mol. The van der Waals surface area contributed by atoms with E-state index in [4.69, 9.17) is 0 Å². The molecule has 0 amide bonds. The highest BCUT2D eigenvalue weighted by Gasteiger charge is 2.36. The first kappa shape index (κ1) is 27.2. The molecule has 2 aliphatic heterocycles. The van der Waals surface area contributed by atoms with Gasteiger partial charge in [-0.1, -0.05) is 6.07 Å². The maximum Gasteiger partial charge on any atom is 0.229 e. The van der Waals surface area contributed by atoms with E-state index in [1.165, 1.54) is 18.9 Å². The fourth-order valence-corrected chi connectivity index (χ4v) is 5.41. The predicted octanol–water partition coefficient (Wildman–Crippen LogP) is 4.76. The van der Waals surface area contributed by atoms with Gasteiger partial charge in [-0.05, 0) is 82.6 Å². The average Bonchev–Trinajstić information content (AvgIpc) is 3.13. The van der Waals surface area contributed by atoms with Gasteiger partial charge >= 0.3 is 0 Å². The number of piperazine rings is 1. The molecule has 2 aliphatic rings. The van der Waals surface area contributed by atoms with Crippen molar-refractivity contribution in [1.29, 1.82) is 0 Å². The first-order valence-electron chi connectivity index (χ1n) is 13.5. The van der Waals surface area contributed by atoms with E-state index in [1.54, 1.807) is 6.07 Å². The van der Waals surface area contributed by atoms with Gasteiger partial charge in [-0.25, -0.2) is 23.7 Å². The Morgan fingerprint density at radius 1 is 1.10 bits per heavy atom. The van der Waals surface area contributed by atoms with Crippen LogP contribution in [0.4, 0.5) is 26.2 Å². The van der Waals surface area contributed by atoms with Gasteiger partial charge in [0.2, 0.25) is 5.95 Å². The van der Waals surface area contributed by atoms with E-state index in [0.717, 1.165) is 37.8 Å². The van der Waals surface area contributed by atoms with E-state index in [-0.39, 0.29) is 22.9 Å². The topological polar surface area (TPSA) is 90.4 Å². The number of benzene rings is 1. The van der Waals surface area contributed by atoms with Gasteiger partial charge in [0.1, 0.15) is 23.0 Å². The molecule has 3 N–H and O–H groups in total. The van der Waals surface area contributed by atoms with Crippen molar-refractivity contribution in [3.8, 4) is 11.3 Å². The van der Waals surface area contributed by atoms with Crippen molar-refractivity contribution in [1.82, 2.24) is 30.5 Å². The van der Waals surface area contributed by atoms with Crippen LogP contribution in [0.1, 0.15) is 44.2 Å². The number of aromatic nitrogens is 3. The molecule has 2 atom stereocenters. The molecular weight excluding hydrogens is 498 g/mol. The normalized spacial score (nSPS) is 19.3. The summed E-state index contributed by atoms with van der Waals surface area (Å²) in [6.07, 6.45) is 6.68. The summed E-state index contributed by atoms with van der Waals surface area (Å²) in [5.74, 6) is -0.486. The minimum atomic E-state index is -0.644. The number of nitrogens with one attached hydrogen (secondary N) is 3. The highest BCUT2D eigenvalue weighted by molar-refractivity contribution is 5.68. The van der Waals surface area contributed by atoms with Crippen LogP contribution in [-0.2, 0) is 13.0 Å². The van der Waals surface area contributed by atoms with Crippen LogP contribution in [0.3, 0.4) is 0 Å². The Kier molecular flexibility index (Phi) is 7.97. The summed E-state index contributed by atoms with van der Waals surface area (Å²) < 4.78 is 29.9. The first-order valence-corrected chi connectivity index (χ1v) is 13.5. The van der Waals surface area contributed by atoms with Crippen molar-refractivity contribution in [3.05, 3.63) is 59.4 Å². The monoisotopic (exact) mass is 534 g/mol. The van der Waals surface area contributed by atoms with E-state index in [2.05, 4.69) is 61.4 Å². The second kappa shape index (κ2) is 11.4. The molecule has 2 unspecified atom stereocenters. The lowest BCUT2D eigenvalue weighted by molar-refractivity contribution is 0.145. The van der Waals surface area contributed by atoms with Gasteiger partial charge in [-0.15, -0.1) is 0 Å². The van der Waals surface area contributed by atoms with Crippen molar-refractivity contribution in [2.24, 2.45) is 4.99 Å². The summed E-state index contributed by atoms with van der Waals surface area (Å²) in [5.41, 5.74) is 2.12. The maximum atomic E-state index is 15.0. The number of hydrogen-bond acceptors (Lipinski definition) is 8. The first-order chi connectivity index (χ1) is 18.8. The molecule has 0 spiro atoms. The standard InChI is InChI=1S/C29H36F2N8/c1-29(2,33-4)10-9-19-11-20(12-23(30)26(19)32-3)27-24(31)16-36-28(38-27)37-25-8-5-18(13-35-25)17-39-21-6-7-22(39)15-34-14-21/h5,8,11-13,16,21-22,33-34H,3,6-7,9-10,14-15,17H2,1-2,4H3,(H,35,36,37,38). The quantitative estimate of drug-likeness (QED) is 0.323. The number of nitrogens with zero attached hydrogens (tertiary/aromatic N) is 5. The molecule has 3 aromatic rings. The molecule has 1 aromatic carbocycles. The molecule has 0 aliphatic carbocycles. The van der Waals surface area contributed by atoms with E-state index in [0.29, 0.717) is 35.4 Å². The molecule has 0 radical (unpaired) electrons. The van der Waals surface area contributed by atoms with Gasteiger partial charge in [0.25, 0.3) is 0 Å². The Hall–Kier alpha value is -3.34. The smallest absolute Gasteiger partial charge is 0.229 e. The number of pyridine rings is 1. The third-order valence-electron chi connectivity index (χ3n) is 7.97. The Morgan fingerprint density at radius 3 is 2.54 bits per heavy atom. The Balaban J connectivity index is 1.33. The number of anilines is 2. The van der Waals surface area contributed by atoms with Crippen LogP contribution in [0.5, 0.6) is 0 Å². The zero-order valence-corrected chi connectivity index (χ0v) is 22.8. The van der Waals surface area contributed by atoms with Gasteiger partial charge < -0.3 is 16.0 Å². The summed E-state index contributed by atoms with van der Waals surface area (Å²) in [5, 5.41) is 9.80. The van der Waals surface area contributed by atoms with Crippen molar-refractivity contribution in [2.45, 2.75) is 63.7 Å². The van der Waals surface area contributed by atoms with Gasteiger partial charge in [-0.3, -0.25) is 9.89 Å². The second-order valence-electron chi connectivity index (χ2n) is 11.0. The molecule has 0 saturated carbocycles. The molecule has 2 aromatic heterocycles. The van der Waals surface area contributed by atoms with Crippen molar-refractivity contribution in [2.75, 3.05) is 25.5 Å². The van der Waals surface area contributed by atoms with Crippen LogP contribution in [0.15, 0.2) is 41.7 Å². The lowest BCUT2D eigenvalue weighted by atomic mass is 9.93. The summed E-state index contributed by atoms with van der Waals surface area (Å²) in [6.45, 7) is 10.6. The fraction of sp³-hybridized carbons (Fsp3) is 0.448. The van der Waals surface area contributed by atoms with Gasteiger partial charge in [0.15, 0.2) is 5.82 Å². The van der Waals surface area contributed by atoms with E-state index >= 15 is 0 Å². The van der Waals surface area contributed by atoms with Crippen molar-refractivity contribution in [3.63, 3.8) is 0 Å². The van der Waals surface area contributed by atoms with Gasteiger partial charge in [0.05, 0.1) is 6.20 Å². The van der Waals surface area contributed by atoms with Gasteiger partial charge in [0, 0.05) is 49.0 Å². The summed E-state index contributed by atoms with van der Waals surface area (Å²) >= 11 is 0. The molecule has 8 nitrogen and oxygen atoms in total. The van der Waals surface area contributed by atoms with Crippen molar-refractivity contribution >= 4 is 24.2 Å². The maximum absolute atomic E-state index is 15.0. The number of fused-ring (bicyclic) bond motifs is 2. The lowest BCUT2D eigenvalue weighted by Gasteiger charge is -2.35. The molecule has 2 fully saturated rings. The molecule has 4 heterocycles. The highest BCUT2D eigenvalue weighted by Crippen LogP contribution is 2.33. The van der Waals surface area contributed by atoms with Crippen molar-refractivity contribution < 1.29 is 8.78 Å². The van der Waals surface area contributed by atoms with Crippen LogP contribution in [0.25, 0.3) is 11.3 Å². The van der Waals surface area contributed by atoms with Crippen LogP contribution < -0.4 is 16.0 Å². The molecule has 206 valence electrons. The average molecular weight is 535 g/mol. The van der Waals surface area contributed by atoms with E-state index in [9.17, 15) is 8.78 Å². The molecule has 5 rings (SSSR count). The number of halogens is 2. The summed E-state index contributed by atoms with van der Waals surface area (Å²) in [6, 6.07) is 8.05. The Labute approximate surface area is 228 Å². The van der Waals surface area contributed by atoms with E-state index in [1.807, 2.05) is 25.4 Å².